The number of fused-ring (bicyclic) bond motifs is 1. The molecule has 0 aromatic heterocycles. The van der Waals surface area contributed by atoms with E-state index in [1.807, 2.05) is 24.3 Å². The summed E-state index contributed by atoms with van der Waals surface area (Å²) in [5, 5.41) is 2.34. The van der Waals surface area contributed by atoms with Crippen molar-refractivity contribution < 1.29 is 14.3 Å². The van der Waals surface area contributed by atoms with Crippen molar-refractivity contribution >= 4 is 22.6 Å². The first kappa shape index (κ1) is 12.7. The molecule has 0 spiro atoms. The number of amides is 1. The molecule has 2 N–H and O–H groups in total. The molecular formula is C16H15NO3. The Balaban J connectivity index is 1.78. The fraction of sp³-hybridized carbons (Fsp3) is 0.250. The van der Waals surface area contributed by atoms with E-state index < -0.39 is 5.91 Å². The number of hydrogen-bond donors (Lipinski definition) is 1. The smallest absolute Gasteiger partial charge is 0.310 e. The summed E-state index contributed by atoms with van der Waals surface area (Å²) in [5.41, 5.74) is 6.14. The van der Waals surface area contributed by atoms with Crippen molar-refractivity contribution in [2.45, 2.75) is 12.3 Å². The van der Waals surface area contributed by atoms with Crippen LogP contribution >= 0.6 is 0 Å². The molecule has 0 radical (unpaired) electrons. The minimum atomic E-state index is -0.624. The quantitative estimate of drug-likeness (QED) is 0.863. The number of nitrogens with two attached hydrogens (primary N) is 1. The van der Waals surface area contributed by atoms with E-state index in [0.717, 1.165) is 6.42 Å². The van der Waals surface area contributed by atoms with E-state index in [1.165, 1.54) is 16.3 Å². The third-order valence-corrected chi connectivity index (χ3v) is 3.67. The van der Waals surface area contributed by atoms with Gasteiger partial charge in [0.05, 0.1) is 5.92 Å². The molecule has 2 atom stereocenters. The van der Waals surface area contributed by atoms with Crippen LogP contribution < -0.4 is 5.73 Å². The molecule has 4 nitrogen and oxygen atoms in total. The molecule has 2 aromatic rings. The minimum absolute atomic E-state index is 0.153. The number of carbonyl (C=O) groups is 2. The van der Waals surface area contributed by atoms with Crippen LogP contribution in [0.4, 0.5) is 0 Å². The zero-order valence-electron chi connectivity index (χ0n) is 10.9. The zero-order valence-corrected chi connectivity index (χ0v) is 10.9. The summed E-state index contributed by atoms with van der Waals surface area (Å²) < 4.78 is 4.88. The molecule has 1 amide bonds. The number of primary amides is 1. The van der Waals surface area contributed by atoms with Gasteiger partial charge in [0.25, 0.3) is 5.91 Å². The summed E-state index contributed by atoms with van der Waals surface area (Å²) in [4.78, 5) is 22.4. The Morgan fingerprint density at radius 3 is 2.70 bits per heavy atom. The maximum Gasteiger partial charge on any atom is 0.310 e. The number of hydrogen-bond acceptors (Lipinski definition) is 3. The highest BCUT2D eigenvalue weighted by molar-refractivity contribution is 5.89. The molecule has 1 fully saturated rings. The van der Waals surface area contributed by atoms with Gasteiger partial charge in [-0.05, 0) is 28.7 Å². The van der Waals surface area contributed by atoms with Gasteiger partial charge in [0.15, 0.2) is 6.61 Å². The number of ether oxygens (including phenoxy) is 1. The van der Waals surface area contributed by atoms with Crippen molar-refractivity contribution in [3.05, 3.63) is 48.0 Å². The van der Waals surface area contributed by atoms with Crippen LogP contribution in [0.25, 0.3) is 10.8 Å². The molecule has 1 aliphatic carbocycles. The van der Waals surface area contributed by atoms with E-state index in [4.69, 9.17) is 10.5 Å². The Labute approximate surface area is 116 Å². The molecular weight excluding hydrogens is 254 g/mol. The first-order chi connectivity index (χ1) is 9.66. The second-order valence-corrected chi connectivity index (χ2v) is 5.09. The first-order valence-corrected chi connectivity index (χ1v) is 6.59. The molecule has 102 valence electrons. The van der Waals surface area contributed by atoms with Gasteiger partial charge in [0.1, 0.15) is 0 Å². The van der Waals surface area contributed by atoms with Gasteiger partial charge in [0, 0.05) is 0 Å². The van der Waals surface area contributed by atoms with Crippen molar-refractivity contribution in [3.63, 3.8) is 0 Å². The Morgan fingerprint density at radius 2 is 1.90 bits per heavy atom. The second kappa shape index (κ2) is 4.96. The number of rotatable bonds is 4. The third-order valence-electron chi connectivity index (χ3n) is 3.67. The number of carbonyl (C=O) groups excluding carboxylic acids is 2. The Hall–Kier alpha value is -2.36. The third kappa shape index (κ3) is 2.37. The predicted molar refractivity (Wildman–Crippen MR) is 74.9 cm³/mol. The molecule has 3 rings (SSSR count). The molecule has 0 heterocycles. The largest absolute Gasteiger partial charge is 0.455 e. The average molecular weight is 269 g/mol. The maximum atomic E-state index is 11.8. The van der Waals surface area contributed by atoms with Crippen molar-refractivity contribution in [2.24, 2.45) is 11.7 Å². The van der Waals surface area contributed by atoms with Gasteiger partial charge in [-0.2, -0.15) is 0 Å². The van der Waals surface area contributed by atoms with Gasteiger partial charge in [-0.3, -0.25) is 9.59 Å². The van der Waals surface area contributed by atoms with E-state index in [1.54, 1.807) is 0 Å². The van der Waals surface area contributed by atoms with Crippen LogP contribution in [-0.2, 0) is 14.3 Å². The highest BCUT2D eigenvalue weighted by Gasteiger charge is 2.45. The van der Waals surface area contributed by atoms with E-state index >= 15 is 0 Å². The Bertz CT molecular complexity index is 675. The summed E-state index contributed by atoms with van der Waals surface area (Å²) in [7, 11) is 0. The van der Waals surface area contributed by atoms with E-state index in [2.05, 4.69) is 18.2 Å². The molecule has 2 aromatic carbocycles. The van der Waals surface area contributed by atoms with E-state index in [-0.39, 0.29) is 24.4 Å². The number of benzene rings is 2. The lowest BCUT2D eigenvalue weighted by Gasteiger charge is -2.06. The molecule has 2 unspecified atom stereocenters. The normalized spacial score (nSPS) is 20.6. The summed E-state index contributed by atoms with van der Waals surface area (Å²) in [6, 6.07) is 14.2. The van der Waals surface area contributed by atoms with Crippen molar-refractivity contribution in [1.29, 1.82) is 0 Å². The highest BCUT2D eigenvalue weighted by Crippen LogP contribution is 2.50. The monoisotopic (exact) mass is 269 g/mol. The fourth-order valence-electron chi connectivity index (χ4n) is 2.62. The van der Waals surface area contributed by atoms with Gasteiger partial charge in [-0.25, -0.2) is 0 Å². The zero-order chi connectivity index (χ0) is 14.1. The topological polar surface area (TPSA) is 69.4 Å². The fourth-order valence-corrected chi connectivity index (χ4v) is 2.62. The molecule has 1 saturated carbocycles. The summed E-state index contributed by atoms with van der Waals surface area (Å²) in [6.07, 6.45) is 0.769. The summed E-state index contributed by atoms with van der Waals surface area (Å²) >= 11 is 0. The van der Waals surface area contributed by atoms with Gasteiger partial charge < -0.3 is 10.5 Å². The standard InChI is InChI=1S/C16H15NO3/c17-15(18)9-20-16(19)14-8-13(14)12-7-3-5-10-4-1-2-6-11(10)12/h1-7,13-14H,8-9H2,(H2,17,18). The van der Waals surface area contributed by atoms with Gasteiger partial charge >= 0.3 is 5.97 Å². The van der Waals surface area contributed by atoms with Crippen LogP contribution in [0.2, 0.25) is 0 Å². The summed E-state index contributed by atoms with van der Waals surface area (Å²) in [5.74, 6) is -0.927. The Morgan fingerprint density at radius 1 is 1.15 bits per heavy atom. The van der Waals surface area contributed by atoms with Gasteiger partial charge in [0.2, 0.25) is 0 Å². The second-order valence-electron chi connectivity index (χ2n) is 5.09. The molecule has 0 saturated heterocycles. The lowest BCUT2D eigenvalue weighted by molar-refractivity contribution is -0.149. The van der Waals surface area contributed by atoms with Crippen molar-refractivity contribution in [3.8, 4) is 0 Å². The SMILES string of the molecule is NC(=O)COC(=O)C1CC1c1cccc2ccccc12. The van der Waals surface area contributed by atoms with Crippen LogP contribution in [0.1, 0.15) is 17.9 Å². The molecule has 0 aliphatic heterocycles. The number of esters is 1. The summed E-state index contributed by atoms with van der Waals surface area (Å²) in [6.45, 7) is -0.336. The van der Waals surface area contributed by atoms with Crippen LogP contribution in [0.5, 0.6) is 0 Å². The van der Waals surface area contributed by atoms with Crippen LogP contribution in [0, 0.1) is 5.92 Å². The molecule has 20 heavy (non-hydrogen) atoms. The molecule has 1 aliphatic rings. The lowest BCUT2D eigenvalue weighted by atomic mass is 10.0. The first-order valence-electron chi connectivity index (χ1n) is 6.59. The predicted octanol–water partition coefficient (Wildman–Crippen LogP) is 1.97. The molecule has 0 bridgehead atoms. The van der Waals surface area contributed by atoms with Crippen molar-refractivity contribution in [1.82, 2.24) is 0 Å². The van der Waals surface area contributed by atoms with Gasteiger partial charge in [-0.15, -0.1) is 0 Å². The van der Waals surface area contributed by atoms with Crippen LogP contribution in [0.15, 0.2) is 42.5 Å². The van der Waals surface area contributed by atoms with E-state index in [9.17, 15) is 9.59 Å². The van der Waals surface area contributed by atoms with Crippen LogP contribution in [-0.4, -0.2) is 18.5 Å². The lowest BCUT2D eigenvalue weighted by Crippen LogP contribution is -2.21. The van der Waals surface area contributed by atoms with Crippen LogP contribution in [0.3, 0.4) is 0 Å². The van der Waals surface area contributed by atoms with Crippen molar-refractivity contribution in [2.75, 3.05) is 6.61 Å². The average Bonchev–Trinajstić information content (AvgIpc) is 3.24. The maximum absolute atomic E-state index is 11.8. The molecule has 4 heteroatoms. The highest BCUT2D eigenvalue weighted by atomic mass is 16.5. The minimum Gasteiger partial charge on any atom is -0.455 e. The van der Waals surface area contributed by atoms with E-state index in [0.29, 0.717) is 0 Å². The van der Waals surface area contributed by atoms with Gasteiger partial charge in [-0.1, -0.05) is 42.5 Å². The Kier molecular flexibility index (Phi) is 3.14.